The second-order valence-electron chi connectivity index (χ2n) is 4.17. The van der Waals surface area contributed by atoms with Crippen LogP contribution in [0.3, 0.4) is 0 Å². The lowest BCUT2D eigenvalue weighted by Gasteiger charge is -2.24. The first-order valence-electron chi connectivity index (χ1n) is 6.29. The predicted octanol–water partition coefficient (Wildman–Crippen LogP) is 2.42. The van der Waals surface area contributed by atoms with Crippen molar-refractivity contribution in [1.82, 2.24) is 14.9 Å². The molecule has 1 aromatic heterocycles. The highest BCUT2D eigenvalue weighted by Gasteiger charge is 2.12. The molecule has 0 saturated carbocycles. The van der Waals surface area contributed by atoms with Crippen LogP contribution in [-0.2, 0) is 0 Å². The summed E-state index contributed by atoms with van der Waals surface area (Å²) in [6.07, 6.45) is 1.56. The molecule has 6 heteroatoms. The molecule has 0 fully saturated rings. The first-order chi connectivity index (χ1) is 8.62. The van der Waals surface area contributed by atoms with Gasteiger partial charge in [0.25, 0.3) is 0 Å². The van der Waals surface area contributed by atoms with Crippen LogP contribution in [0.4, 0.5) is 11.6 Å². The van der Waals surface area contributed by atoms with Crippen LogP contribution in [0.1, 0.15) is 20.8 Å². The van der Waals surface area contributed by atoms with Gasteiger partial charge in [0.05, 0.1) is 0 Å². The Bertz CT molecular complexity index is 367. The maximum absolute atomic E-state index is 4.26. The minimum Gasteiger partial charge on any atom is -0.372 e. The number of hydrogen-bond donors (Lipinski definition) is 2. The molecule has 0 aliphatic carbocycles. The first kappa shape index (κ1) is 15.2. The Kier molecular flexibility index (Phi) is 6.35. The van der Waals surface area contributed by atoms with Crippen molar-refractivity contribution in [2.45, 2.75) is 26.8 Å². The van der Waals surface area contributed by atoms with Crippen LogP contribution in [0, 0.1) is 0 Å². The molecule has 5 nitrogen and oxygen atoms in total. The summed E-state index contributed by atoms with van der Waals surface area (Å²) < 4.78 is 0.874. The summed E-state index contributed by atoms with van der Waals surface area (Å²) in [6.45, 7) is 9.64. The van der Waals surface area contributed by atoms with Gasteiger partial charge in [0.2, 0.25) is 0 Å². The van der Waals surface area contributed by atoms with Gasteiger partial charge in [-0.25, -0.2) is 9.97 Å². The van der Waals surface area contributed by atoms with Gasteiger partial charge in [-0.15, -0.1) is 0 Å². The number of halogens is 1. The zero-order valence-corrected chi connectivity index (χ0v) is 13.1. The zero-order chi connectivity index (χ0) is 13.5. The van der Waals surface area contributed by atoms with Gasteiger partial charge >= 0.3 is 0 Å². The van der Waals surface area contributed by atoms with Gasteiger partial charge in [-0.1, -0.05) is 13.8 Å². The molecular weight excluding hydrogens is 294 g/mol. The van der Waals surface area contributed by atoms with Crippen molar-refractivity contribution < 1.29 is 0 Å². The van der Waals surface area contributed by atoms with E-state index in [1.165, 1.54) is 0 Å². The number of aromatic nitrogens is 2. The van der Waals surface area contributed by atoms with Crippen molar-refractivity contribution in [3.05, 3.63) is 10.8 Å². The standard InChI is InChI=1S/C12H22BrN5/c1-5-18(6-2)7-9(3)17-12-10(13)11(14-4)15-8-16-12/h8-9H,5-7H2,1-4H3,(H2,14,15,16,17). The summed E-state index contributed by atoms with van der Waals surface area (Å²) >= 11 is 3.51. The molecule has 1 unspecified atom stereocenters. The molecule has 1 rings (SSSR count). The largest absolute Gasteiger partial charge is 0.372 e. The van der Waals surface area contributed by atoms with Gasteiger partial charge in [-0.05, 0) is 35.9 Å². The predicted molar refractivity (Wildman–Crippen MR) is 80.2 cm³/mol. The molecule has 1 atom stereocenters. The number of rotatable bonds is 7. The Labute approximate surface area is 118 Å². The topological polar surface area (TPSA) is 53.1 Å². The molecule has 102 valence electrons. The Morgan fingerprint density at radius 1 is 1.28 bits per heavy atom. The minimum absolute atomic E-state index is 0.334. The van der Waals surface area contributed by atoms with Crippen LogP contribution in [-0.4, -0.2) is 47.6 Å². The third kappa shape index (κ3) is 4.10. The molecule has 0 aliphatic rings. The smallest absolute Gasteiger partial charge is 0.146 e. The summed E-state index contributed by atoms with van der Waals surface area (Å²) in [7, 11) is 1.84. The quantitative estimate of drug-likeness (QED) is 0.809. The Hall–Kier alpha value is -0.880. The van der Waals surface area contributed by atoms with Crippen molar-refractivity contribution in [3.8, 4) is 0 Å². The zero-order valence-electron chi connectivity index (χ0n) is 11.5. The van der Waals surface area contributed by atoms with E-state index in [1.54, 1.807) is 6.33 Å². The molecule has 2 N–H and O–H groups in total. The van der Waals surface area contributed by atoms with E-state index in [0.717, 1.165) is 35.7 Å². The summed E-state index contributed by atoms with van der Waals surface area (Å²) in [5, 5.41) is 6.43. The molecule has 18 heavy (non-hydrogen) atoms. The molecule has 0 aliphatic heterocycles. The summed E-state index contributed by atoms with van der Waals surface area (Å²) in [5.41, 5.74) is 0. The highest BCUT2D eigenvalue weighted by Crippen LogP contribution is 2.26. The lowest BCUT2D eigenvalue weighted by molar-refractivity contribution is 0.294. The van der Waals surface area contributed by atoms with Crippen LogP contribution >= 0.6 is 15.9 Å². The van der Waals surface area contributed by atoms with Crippen molar-refractivity contribution in [2.75, 3.05) is 37.3 Å². The second kappa shape index (κ2) is 7.53. The number of hydrogen-bond acceptors (Lipinski definition) is 5. The number of nitrogens with one attached hydrogen (secondary N) is 2. The fourth-order valence-electron chi connectivity index (χ4n) is 1.79. The van der Waals surface area contributed by atoms with Crippen molar-refractivity contribution in [3.63, 3.8) is 0 Å². The van der Waals surface area contributed by atoms with E-state index in [-0.39, 0.29) is 0 Å². The highest BCUT2D eigenvalue weighted by atomic mass is 79.9. The normalized spacial score (nSPS) is 12.6. The molecule has 1 aromatic rings. The van der Waals surface area contributed by atoms with Crippen LogP contribution in [0.5, 0.6) is 0 Å². The molecule has 0 amide bonds. The second-order valence-corrected chi connectivity index (χ2v) is 4.96. The average Bonchev–Trinajstić information content (AvgIpc) is 2.38. The van der Waals surface area contributed by atoms with Crippen molar-refractivity contribution in [2.24, 2.45) is 0 Å². The van der Waals surface area contributed by atoms with E-state index in [0.29, 0.717) is 6.04 Å². The number of nitrogens with zero attached hydrogens (tertiary/aromatic N) is 3. The monoisotopic (exact) mass is 315 g/mol. The van der Waals surface area contributed by atoms with Crippen LogP contribution in [0.15, 0.2) is 10.8 Å². The van der Waals surface area contributed by atoms with Gasteiger partial charge in [0.15, 0.2) is 0 Å². The molecule has 0 bridgehead atoms. The van der Waals surface area contributed by atoms with E-state index < -0.39 is 0 Å². The third-order valence-corrected chi connectivity index (χ3v) is 3.59. The van der Waals surface area contributed by atoms with Gasteiger partial charge in [-0.3, -0.25) is 0 Å². The van der Waals surface area contributed by atoms with Gasteiger partial charge < -0.3 is 15.5 Å². The average molecular weight is 316 g/mol. The fourth-order valence-corrected chi connectivity index (χ4v) is 2.31. The van der Waals surface area contributed by atoms with Gasteiger partial charge in [0.1, 0.15) is 22.4 Å². The van der Waals surface area contributed by atoms with Crippen molar-refractivity contribution >= 4 is 27.6 Å². The van der Waals surface area contributed by atoms with Crippen LogP contribution < -0.4 is 10.6 Å². The summed E-state index contributed by atoms with van der Waals surface area (Å²) in [5.74, 6) is 1.62. The molecular formula is C12H22BrN5. The van der Waals surface area contributed by atoms with E-state index in [1.807, 2.05) is 7.05 Å². The Morgan fingerprint density at radius 2 is 1.89 bits per heavy atom. The Morgan fingerprint density at radius 3 is 2.44 bits per heavy atom. The molecule has 0 saturated heterocycles. The highest BCUT2D eigenvalue weighted by molar-refractivity contribution is 9.10. The van der Waals surface area contributed by atoms with Crippen molar-refractivity contribution in [1.29, 1.82) is 0 Å². The Balaban J connectivity index is 2.67. The molecule has 0 aromatic carbocycles. The summed E-state index contributed by atoms with van der Waals surface area (Å²) in [4.78, 5) is 10.8. The fraction of sp³-hybridized carbons (Fsp3) is 0.667. The SMILES string of the molecule is CCN(CC)CC(C)Nc1ncnc(NC)c1Br. The van der Waals surface area contributed by atoms with Crippen LogP contribution in [0.25, 0.3) is 0 Å². The maximum atomic E-state index is 4.26. The molecule has 0 spiro atoms. The van der Waals surface area contributed by atoms with E-state index >= 15 is 0 Å². The summed E-state index contributed by atoms with van der Waals surface area (Å²) in [6, 6.07) is 0.334. The van der Waals surface area contributed by atoms with E-state index in [9.17, 15) is 0 Å². The minimum atomic E-state index is 0.334. The van der Waals surface area contributed by atoms with E-state index in [2.05, 4.69) is 62.2 Å². The third-order valence-electron chi connectivity index (χ3n) is 2.84. The number of anilines is 2. The lowest BCUT2D eigenvalue weighted by atomic mass is 10.3. The molecule has 1 heterocycles. The van der Waals surface area contributed by atoms with Gasteiger partial charge in [-0.2, -0.15) is 0 Å². The van der Waals surface area contributed by atoms with Crippen LogP contribution in [0.2, 0.25) is 0 Å². The molecule has 0 radical (unpaired) electrons. The van der Waals surface area contributed by atoms with Gasteiger partial charge in [0, 0.05) is 19.6 Å². The maximum Gasteiger partial charge on any atom is 0.146 e. The van der Waals surface area contributed by atoms with E-state index in [4.69, 9.17) is 0 Å². The first-order valence-corrected chi connectivity index (χ1v) is 7.08. The lowest BCUT2D eigenvalue weighted by Crippen LogP contribution is -2.35. The number of likely N-dealkylation sites (N-methyl/N-ethyl adjacent to an activating group) is 1.